The normalized spacial score (nSPS) is 13.6. The molecule has 0 aromatic heterocycles. The van der Waals surface area contributed by atoms with Crippen molar-refractivity contribution in [2.24, 2.45) is 0 Å². The summed E-state index contributed by atoms with van der Waals surface area (Å²) in [5.41, 5.74) is 0.943. The summed E-state index contributed by atoms with van der Waals surface area (Å²) in [6.45, 7) is 5.55. The van der Waals surface area contributed by atoms with Gasteiger partial charge in [0.2, 0.25) is 5.91 Å². The number of carboxylic acids is 1. The fraction of sp³-hybridized carbons (Fsp3) is 0.500. The highest BCUT2D eigenvalue weighted by atomic mass is 16.4. The van der Waals surface area contributed by atoms with Crippen LogP contribution in [0.15, 0.2) is 30.3 Å². The summed E-state index contributed by atoms with van der Waals surface area (Å²) in [6.07, 6.45) is 1.40. The van der Waals surface area contributed by atoms with Gasteiger partial charge in [-0.25, -0.2) is 0 Å². The lowest BCUT2D eigenvalue weighted by molar-refractivity contribution is -0.146. The van der Waals surface area contributed by atoms with E-state index in [1.165, 1.54) is 4.90 Å². The molecule has 1 aromatic carbocycles. The number of carboxylic acid groups (broad SMARTS) is 1. The van der Waals surface area contributed by atoms with Crippen molar-refractivity contribution in [2.75, 3.05) is 6.54 Å². The second kappa shape index (κ2) is 7.68. The van der Waals surface area contributed by atoms with Crippen LogP contribution in [0.25, 0.3) is 0 Å². The number of amides is 1. The molecule has 0 saturated heterocycles. The number of hydrogen-bond acceptors (Lipinski definition) is 2. The molecule has 4 heteroatoms. The maximum absolute atomic E-state index is 12.7. The number of hydrogen-bond donors (Lipinski definition) is 1. The lowest BCUT2D eigenvalue weighted by atomic mass is 9.94. The van der Waals surface area contributed by atoms with E-state index in [4.69, 9.17) is 5.11 Å². The zero-order chi connectivity index (χ0) is 15.1. The molecule has 0 saturated carbocycles. The number of aliphatic carboxylic acids is 1. The lowest BCUT2D eigenvalue weighted by Gasteiger charge is -2.30. The Hall–Kier alpha value is -1.84. The molecule has 1 aromatic rings. The molecule has 0 aliphatic carbocycles. The molecule has 0 aliphatic rings. The molecular formula is C16H23NO3. The highest BCUT2D eigenvalue weighted by Gasteiger charge is 2.28. The van der Waals surface area contributed by atoms with Crippen LogP contribution in [-0.4, -0.2) is 34.5 Å². The van der Waals surface area contributed by atoms with Crippen LogP contribution >= 0.6 is 0 Å². The first-order chi connectivity index (χ1) is 9.51. The lowest BCUT2D eigenvalue weighted by Crippen LogP contribution is -2.44. The summed E-state index contributed by atoms with van der Waals surface area (Å²) in [7, 11) is 0. The molecule has 0 fully saturated rings. The zero-order valence-corrected chi connectivity index (χ0v) is 12.4. The van der Waals surface area contributed by atoms with Crippen LogP contribution in [0.1, 0.15) is 45.1 Å². The first-order valence-corrected chi connectivity index (χ1v) is 7.08. The number of carbonyl (C=O) groups is 2. The predicted octanol–water partition coefficient (Wildman–Crippen LogP) is 2.89. The van der Waals surface area contributed by atoms with Crippen LogP contribution in [0.5, 0.6) is 0 Å². The van der Waals surface area contributed by atoms with E-state index in [1.54, 1.807) is 0 Å². The third-order valence-electron chi connectivity index (χ3n) is 3.62. The molecule has 20 heavy (non-hydrogen) atoms. The van der Waals surface area contributed by atoms with Gasteiger partial charge in [0.05, 0.1) is 5.92 Å². The largest absolute Gasteiger partial charge is 0.480 e. The molecule has 110 valence electrons. The molecular weight excluding hydrogens is 254 g/mol. The Morgan fingerprint density at radius 1 is 1.15 bits per heavy atom. The summed E-state index contributed by atoms with van der Waals surface area (Å²) in [5.74, 6) is -1.35. The smallest absolute Gasteiger partial charge is 0.323 e. The minimum atomic E-state index is -0.971. The minimum absolute atomic E-state index is 0.0728. The van der Waals surface area contributed by atoms with Gasteiger partial charge in [-0.05, 0) is 25.3 Å². The van der Waals surface area contributed by atoms with Gasteiger partial charge >= 0.3 is 5.97 Å². The molecule has 0 bridgehead atoms. The average molecular weight is 277 g/mol. The fourth-order valence-corrected chi connectivity index (χ4v) is 2.26. The number of benzene rings is 1. The van der Waals surface area contributed by atoms with E-state index >= 15 is 0 Å². The van der Waals surface area contributed by atoms with Crippen molar-refractivity contribution in [3.05, 3.63) is 35.9 Å². The van der Waals surface area contributed by atoms with Crippen molar-refractivity contribution in [1.29, 1.82) is 0 Å². The average Bonchev–Trinajstić information content (AvgIpc) is 2.45. The third kappa shape index (κ3) is 4.08. The Kier molecular flexibility index (Phi) is 6.22. The van der Waals surface area contributed by atoms with Crippen molar-refractivity contribution >= 4 is 11.9 Å². The van der Waals surface area contributed by atoms with Gasteiger partial charge in [-0.1, -0.05) is 44.2 Å². The van der Waals surface area contributed by atoms with Gasteiger partial charge in [-0.3, -0.25) is 9.59 Å². The Morgan fingerprint density at radius 3 is 2.20 bits per heavy atom. The maximum Gasteiger partial charge on any atom is 0.323 e. The van der Waals surface area contributed by atoms with E-state index in [2.05, 4.69) is 0 Å². The summed E-state index contributed by atoms with van der Waals surface area (Å²) in [5, 5.41) is 9.01. The molecule has 4 nitrogen and oxygen atoms in total. The van der Waals surface area contributed by atoms with E-state index in [-0.39, 0.29) is 24.4 Å². The van der Waals surface area contributed by atoms with Crippen molar-refractivity contribution in [3.63, 3.8) is 0 Å². The van der Waals surface area contributed by atoms with Gasteiger partial charge in [-0.15, -0.1) is 0 Å². The van der Waals surface area contributed by atoms with Crippen LogP contribution in [0.2, 0.25) is 0 Å². The quantitative estimate of drug-likeness (QED) is 0.833. The SMILES string of the molecule is CCC(C(=O)N(CC(=O)O)C(C)CC)c1ccccc1. The third-order valence-corrected chi connectivity index (χ3v) is 3.62. The molecule has 1 amide bonds. The number of nitrogens with zero attached hydrogens (tertiary/aromatic N) is 1. The fourth-order valence-electron chi connectivity index (χ4n) is 2.26. The molecule has 2 atom stereocenters. The molecule has 0 aliphatic heterocycles. The highest BCUT2D eigenvalue weighted by Crippen LogP contribution is 2.23. The van der Waals surface area contributed by atoms with E-state index in [0.717, 1.165) is 12.0 Å². The van der Waals surface area contributed by atoms with E-state index in [1.807, 2.05) is 51.1 Å². The Balaban J connectivity index is 2.99. The van der Waals surface area contributed by atoms with E-state index in [0.29, 0.717) is 6.42 Å². The van der Waals surface area contributed by atoms with Crippen LogP contribution in [0.3, 0.4) is 0 Å². The van der Waals surface area contributed by atoms with Crippen molar-refractivity contribution in [3.8, 4) is 0 Å². The summed E-state index contributed by atoms with van der Waals surface area (Å²) < 4.78 is 0. The topological polar surface area (TPSA) is 57.6 Å². The second-order valence-electron chi connectivity index (χ2n) is 4.99. The zero-order valence-electron chi connectivity index (χ0n) is 12.4. The number of carbonyl (C=O) groups excluding carboxylic acids is 1. The van der Waals surface area contributed by atoms with Gasteiger partial charge in [0.1, 0.15) is 6.54 Å². The maximum atomic E-state index is 12.7. The molecule has 1 N–H and O–H groups in total. The van der Waals surface area contributed by atoms with Gasteiger partial charge in [-0.2, -0.15) is 0 Å². The van der Waals surface area contributed by atoms with E-state index in [9.17, 15) is 9.59 Å². The minimum Gasteiger partial charge on any atom is -0.480 e. The van der Waals surface area contributed by atoms with Gasteiger partial charge in [0.15, 0.2) is 0 Å². The Labute approximate surface area is 120 Å². The van der Waals surface area contributed by atoms with Crippen LogP contribution in [0, 0.1) is 0 Å². The van der Waals surface area contributed by atoms with Crippen LogP contribution in [-0.2, 0) is 9.59 Å². The van der Waals surface area contributed by atoms with Gasteiger partial charge < -0.3 is 10.0 Å². The molecule has 0 radical (unpaired) electrons. The number of rotatable bonds is 7. The monoisotopic (exact) mass is 277 g/mol. The molecule has 0 spiro atoms. The van der Waals surface area contributed by atoms with E-state index < -0.39 is 5.97 Å². The standard InChI is InChI=1S/C16H23NO3/c1-4-12(3)17(11-15(18)19)16(20)14(5-2)13-9-7-6-8-10-13/h6-10,12,14H,4-5,11H2,1-3H3,(H,18,19). The summed E-state index contributed by atoms with van der Waals surface area (Å²) >= 11 is 0. The predicted molar refractivity (Wildman–Crippen MR) is 78.6 cm³/mol. The highest BCUT2D eigenvalue weighted by molar-refractivity contribution is 5.87. The van der Waals surface area contributed by atoms with Crippen molar-refractivity contribution in [1.82, 2.24) is 4.90 Å². The first kappa shape index (κ1) is 16.2. The summed E-state index contributed by atoms with van der Waals surface area (Å²) in [4.78, 5) is 25.1. The second-order valence-corrected chi connectivity index (χ2v) is 4.99. The summed E-state index contributed by atoms with van der Waals surface area (Å²) in [6, 6.07) is 9.47. The Morgan fingerprint density at radius 2 is 1.75 bits per heavy atom. The van der Waals surface area contributed by atoms with Gasteiger partial charge in [0, 0.05) is 6.04 Å². The first-order valence-electron chi connectivity index (χ1n) is 7.08. The molecule has 0 heterocycles. The van der Waals surface area contributed by atoms with Crippen molar-refractivity contribution in [2.45, 2.75) is 45.6 Å². The Bertz CT molecular complexity index is 444. The van der Waals surface area contributed by atoms with Gasteiger partial charge in [0.25, 0.3) is 0 Å². The van der Waals surface area contributed by atoms with Crippen LogP contribution in [0.4, 0.5) is 0 Å². The molecule has 2 unspecified atom stereocenters. The molecule has 1 rings (SSSR count). The van der Waals surface area contributed by atoms with Crippen molar-refractivity contribution < 1.29 is 14.7 Å². The van der Waals surface area contributed by atoms with Crippen LogP contribution < -0.4 is 0 Å².